The predicted octanol–water partition coefficient (Wildman–Crippen LogP) is 3.78. The highest BCUT2D eigenvalue weighted by Crippen LogP contribution is 2.22. The first-order valence-electron chi connectivity index (χ1n) is 6.98. The summed E-state index contributed by atoms with van der Waals surface area (Å²) in [5, 5.41) is 7.44. The summed E-state index contributed by atoms with van der Waals surface area (Å²) in [5.41, 5.74) is 3.38. The van der Waals surface area contributed by atoms with Gasteiger partial charge in [-0.05, 0) is 30.2 Å². The molecule has 2 aromatic rings. The molecule has 22 heavy (non-hydrogen) atoms. The van der Waals surface area contributed by atoms with Gasteiger partial charge in [-0.2, -0.15) is 0 Å². The van der Waals surface area contributed by atoms with Crippen molar-refractivity contribution in [2.75, 3.05) is 5.32 Å². The molecule has 0 saturated carbocycles. The van der Waals surface area contributed by atoms with Crippen molar-refractivity contribution in [3.05, 3.63) is 64.7 Å². The zero-order chi connectivity index (χ0) is 15.5. The van der Waals surface area contributed by atoms with E-state index in [0.29, 0.717) is 17.1 Å². The number of hydrogen-bond donors (Lipinski definition) is 1. The van der Waals surface area contributed by atoms with Crippen molar-refractivity contribution in [1.82, 2.24) is 0 Å². The largest absolute Gasteiger partial charge is 0.382 e. The predicted molar refractivity (Wildman–Crippen MR) is 87.3 cm³/mol. The molecule has 3 rings (SSSR count). The third-order valence-corrected chi connectivity index (χ3v) is 3.76. The van der Waals surface area contributed by atoms with Crippen LogP contribution in [0, 0.1) is 6.92 Å². The summed E-state index contributed by atoms with van der Waals surface area (Å²) in [6.07, 6.45) is -0.163. The molecule has 5 heteroatoms. The minimum atomic E-state index is -0.617. The number of benzene rings is 2. The van der Waals surface area contributed by atoms with Crippen LogP contribution in [0.2, 0.25) is 5.02 Å². The van der Waals surface area contributed by atoms with Crippen molar-refractivity contribution in [1.29, 1.82) is 0 Å². The van der Waals surface area contributed by atoms with Crippen LogP contribution in [0.15, 0.2) is 53.7 Å². The molecule has 0 unspecified atom stereocenters. The minimum absolute atomic E-state index is 0.222. The number of oxime groups is 1. The Hall–Kier alpha value is -2.33. The Balaban J connectivity index is 1.67. The molecular weight excluding hydrogens is 300 g/mol. The molecule has 0 aliphatic carbocycles. The lowest BCUT2D eigenvalue weighted by molar-refractivity contribution is -0.125. The van der Waals surface area contributed by atoms with Gasteiger partial charge in [0.25, 0.3) is 5.91 Å². The van der Waals surface area contributed by atoms with Crippen LogP contribution in [0.5, 0.6) is 0 Å². The molecule has 1 aliphatic heterocycles. The smallest absolute Gasteiger partial charge is 0.268 e. The molecule has 2 aromatic carbocycles. The Morgan fingerprint density at radius 1 is 1.27 bits per heavy atom. The Morgan fingerprint density at radius 3 is 2.82 bits per heavy atom. The quantitative estimate of drug-likeness (QED) is 0.937. The van der Waals surface area contributed by atoms with Crippen LogP contribution in [0.4, 0.5) is 5.69 Å². The number of carbonyl (C=O) groups excluding carboxylic acids is 1. The standard InChI is InChI=1S/C17H15ClN2O2/c1-11-7-8-13(18)9-14(11)19-17(21)16-10-15(20-22-16)12-5-3-2-4-6-12/h2-9,16H,10H2,1H3,(H,19,21)/t16-/m1/s1. The monoisotopic (exact) mass is 314 g/mol. The van der Waals surface area contributed by atoms with Gasteiger partial charge in [0.1, 0.15) is 0 Å². The van der Waals surface area contributed by atoms with Crippen molar-refractivity contribution in [3.63, 3.8) is 0 Å². The Morgan fingerprint density at radius 2 is 2.05 bits per heavy atom. The van der Waals surface area contributed by atoms with E-state index in [1.54, 1.807) is 12.1 Å². The summed E-state index contributed by atoms with van der Waals surface area (Å²) in [5.74, 6) is -0.222. The number of halogens is 1. The average molecular weight is 315 g/mol. The third kappa shape index (κ3) is 3.12. The van der Waals surface area contributed by atoms with E-state index in [4.69, 9.17) is 16.4 Å². The van der Waals surface area contributed by atoms with E-state index in [1.807, 2.05) is 43.3 Å². The minimum Gasteiger partial charge on any atom is -0.382 e. The molecule has 0 radical (unpaired) electrons. The molecular formula is C17H15ClN2O2. The van der Waals surface area contributed by atoms with E-state index in [-0.39, 0.29) is 5.91 Å². The third-order valence-electron chi connectivity index (χ3n) is 3.53. The molecule has 4 nitrogen and oxygen atoms in total. The summed E-state index contributed by atoms with van der Waals surface area (Å²) in [4.78, 5) is 17.6. The van der Waals surface area contributed by atoms with Crippen molar-refractivity contribution in [2.24, 2.45) is 5.16 Å². The second kappa shape index (κ2) is 6.20. The van der Waals surface area contributed by atoms with E-state index < -0.39 is 6.10 Å². The number of amides is 1. The molecule has 1 heterocycles. The van der Waals surface area contributed by atoms with Gasteiger partial charge in [0.05, 0.1) is 5.71 Å². The first-order valence-corrected chi connectivity index (χ1v) is 7.36. The van der Waals surface area contributed by atoms with E-state index in [9.17, 15) is 4.79 Å². The highest BCUT2D eigenvalue weighted by molar-refractivity contribution is 6.31. The summed E-state index contributed by atoms with van der Waals surface area (Å²) in [6.45, 7) is 1.91. The van der Waals surface area contributed by atoms with Gasteiger partial charge in [-0.1, -0.05) is 53.2 Å². The first-order chi connectivity index (χ1) is 10.6. The van der Waals surface area contributed by atoms with Gasteiger partial charge in [0.2, 0.25) is 6.10 Å². The molecule has 0 bridgehead atoms. The molecule has 0 saturated heterocycles. The van der Waals surface area contributed by atoms with E-state index >= 15 is 0 Å². The number of nitrogens with zero attached hydrogens (tertiary/aromatic N) is 1. The lowest BCUT2D eigenvalue weighted by Gasteiger charge is -2.11. The molecule has 1 aliphatic rings. The van der Waals surface area contributed by atoms with Crippen LogP contribution in [-0.4, -0.2) is 17.7 Å². The highest BCUT2D eigenvalue weighted by Gasteiger charge is 2.29. The van der Waals surface area contributed by atoms with E-state index in [0.717, 1.165) is 16.8 Å². The zero-order valence-corrected chi connectivity index (χ0v) is 12.8. The summed E-state index contributed by atoms with van der Waals surface area (Å²) in [6, 6.07) is 15.1. The molecule has 1 amide bonds. The van der Waals surface area contributed by atoms with Gasteiger partial charge in [0.15, 0.2) is 0 Å². The number of anilines is 1. The summed E-state index contributed by atoms with van der Waals surface area (Å²) in [7, 11) is 0. The van der Waals surface area contributed by atoms with Crippen molar-refractivity contribution in [3.8, 4) is 0 Å². The SMILES string of the molecule is Cc1ccc(Cl)cc1NC(=O)[C@H]1CC(c2ccccc2)=NO1. The fourth-order valence-electron chi connectivity index (χ4n) is 2.26. The number of carbonyl (C=O) groups is 1. The molecule has 1 N–H and O–H groups in total. The van der Waals surface area contributed by atoms with Crippen molar-refractivity contribution in [2.45, 2.75) is 19.4 Å². The second-order valence-electron chi connectivity index (χ2n) is 5.15. The van der Waals surface area contributed by atoms with E-state index in [1.165, 1.54) is 0 Å². The Kier molecular flexibility index (Phi) is 4.11. The van der Waals surface area contributed by atoms with Crippen LogP contribution in [0.3, 0.4) is 0 Å². The molecule has 0 fully saturated rings. The van der Waals surface area contributed by atoms with Crippen LogP contribution in [0.1, 0.15) is 17.5 Å². The normalized spacial score (nSPS) is 16.8. The lowest BCUT2D eigenvalue weighted by atomic mass is 10.0. The molecule has 0 aromatic heterocycles. The number of rotatable bonds is 3. The Bertz CT molecular complexity index is 729. The van der Waals surface area contributed by atoms with Crippen LogP contribution >= 0.6 is 11.6 Å². The van der Waals surface area contributed by atoms with Crippen molar-refractivity contribution >= 4 is 28.9 Å². The maximum absolute atomic E-state index is 12.3. The maximum Gasteiger partial charge on any atom is 0.268 e. The van der Waals surface area contributed by atoms with Crippen molar-refractivity contribution < 1.29 is 9.63 Å². The van der Waals surface area contributed by atoms with Crippen LogP contribution in [0.25, 0.3) is 0 Å². The molecule has 1 atom stereocenters. The van der Waals surface area contributed by atoms with Crippen LogP contribution in [-0.2, 0) is 9.63 Å². The fraction of sp³-hybridized carbons (Fsp3) is 0.176. The lowest BCUT2D eigenvalue weighted by Crippen LogP contribution is -2.28. The average Bonchev–Trinajstić information content (AvgIpc) is 3.02. The van der Waals surface area contributed by atoms with Gasteiger partial charge < -0.3 is 10.2 Å². The fourth-order valence-corrected chi connectivity index (χ4v) is 2.43. The number of nitrogens with one attached hydrogen (secondary N) is 1. The number of hydrogen-bond acceptors (Lipinski definition) is 3. The van der Waals surface area contributed by atoms with E-state index in [2.05, 4.69) is 10.5 Å². The molecule has 112 valence electrons. The topological polar surface area (TPSA) is 50.7 Å². The van der Waals surface area contributed by atoms with Gasteiger partial charge >= 0.3 is 0 Å². The zero-order valence-electron chi connectivity index (χ0n) is 12.0. The highest BCUT2D eigenvalue weighted by atomic mass is 35.5. The number of aryl methyl sites for hydroxylation is 1. The Labute approximate surface area is 133 Å². The molecule has 0 spiro atoms. The van der Waals surface area contributed by atoms with Gasteiger partial charge in [-0.25, -0.2) is 0 Å². The summed E-state index contributed by atoms with van der Waals surface area (Å²) >= 11 is 5.96. The van der Waals surface area contributed by atoms with Gasteiger partial charge in [-0.15, -0.1) is 0 Å². The maximum atomic E-state index is 12.3. The second-order valence-corrected chi connectivity index (χ2v) is 5.59. The summed E-state index contributed by atoms with van der Waals surface area (Å²) < 4.78 is 0. The van der Waals surface area contributed by atoms with Crippen LogP contribution < -0.4 is 5.32 Å². The first kappa shape index (κ1) is 14.6. The van der Waals surface area contributed by atoms with Gasteiger partial charge in [-0.3, -0.25) is 4.79 Å². The van der Waals surface area contributed by atoms with Gasteiger partial charge in [0, 0.05) is 17.1 Å².